The standard InChI is InChI=1S/C15H13N7O4/c16-14-19-11-12(20-14)21-15(22-13(11)25)18-9(23)4-6-1-2-8-7(3-6)17-10(24)5-26-8/h1-3H,4-5H2,(H,17,24)(H5,16,18,19,20,21,22,23,25). The van der Waals surface area contributed by atoms with Crippen molar-refractivity contribution in [3.8, 4) is 5.75 Å². The number of aromatic amines is 2. The van der Waals surface area contributed by atoms with Crippen LogP contribution >= 0.6 is 0 Å². The molecule has 0 radical (unpaired) electrons. The number of nitrogen functional groups attached to an aromatic ring is 1. The lowest BCUT2D eigenvalue weighted by Gasteiger charge is -2.18. The quantitative estimate of drug-likeness (QED) is 0.431. The van der Waals surface area contributed by atoms with Gasteiger partial charge in [-0.15, -0.1) is 0 Å². The first kappa shape index (κ1) is 15.6. The van der Waals surface area contributed by atoms with Gasteiger partial charge in [0.2, 0.25) is 11.9 Å². The molecule has 0 spiro atoms. The van der Waals surface area contributed by atoms with Gasteiger partial charge in [0.1, 0.15) is 5.75 Å². The number of benzene rings is 1. The molecule has 0 fully saturated rings. The van der Waals surface area contributed by atoms with Crippen LogP contribution in [0.2, 0.25) is 0 Å². The van der Waals surface area contributed by atoms with Crippen LogP contribution in [0.25, 0.3) is 11.2 Å². The van der Waals surface area contributed by atoms with Gasteiger partial charge in [-0.25, -0.2) is 0 Å². The van der Waals surface area contributed by atoms with Crippen molar-refractivity contribution in [2.75, 3.05) is 23.0 Å². The number of aromatic nitrogens is 4. The monoisotopic (exact) mass is 355 g/mol. The Morgan fingerprint density at radius 3 is 2.96 bits per heavy atom. The van der Waals surface area contributed by atoms with Gasteiger partial charge in [0.25, 0.3) is 11.5 Å². The van der Waals surface area contributed by atoms with Gasteiger partial charge in [-0.1, -0.05) is 6.07 Å². The molecule has 0 aliphatic carbocycles. The third-order valence-corrected chi connectivity index (χ3v) is 3.68. The van der Waals surface area contributed by atoms with Crippen LogP contribution in [-0.2, 0) is 16.0 Å². The van der Waals surface area contributed by atoms with E-state index in [0.29, 0.717) is 17.0 Å². The highest BCUT2D eigenvalue weighted by Gasteiger charge is 2.17. The lowest BCUT2D eigenvalue weighted by molar-refractivity contribution is -0.118. The van der Waals surface area contributed by atoms with Crippen LogP contribution in [0.15, 0.2) is 23.0 Å². The van der Waals surface area contributed by atoms with Crippen LogP contribution in [-0.4, -0.2) is 38.4 Å². The van der Waals surface area contributed by atoms with Crippen molar-refractivity contribution in [3.63, 3.8) is 0 Å². The molecule has 3 heterocycles. The van der Waals surface area contributed by atoms with E-state index in [1.165, 1.54) is 0 Å². The second-order valence-electron chi connectivity index (χ2n) is 5.63. The molecular weight excluding hydrogens is 342 g/mol. The molecule has 0 atom stereocenters. The normalized spacial score (nSPS) is 13.0. The van der Waals surface area contributed by atoms with Crippen LogP contribution in [0.5, 0.6) is 5.75 Å². The Morgan fingerprint density at radius 2 is 2.12 bits per heavy atom. The Bertz CT molecular complexity index is 1100. The maximum Gasteiger partial charge on any atom is 0.278 e. The number of hydrogen-bond donors (Lipinski definition) is 5. The number of fused-ring (bicyclic) bond motifs is 2. The number of amides is 2. The Kier molecular flexibility index (Phi) is 3.53. The van der Waals surface area contributed by atoms with Gasteiger partial charge in [0.05, 0.1) is 12.1 Å². The average Bonchev–Trinajstić information content (AvgIpc) is 2.95. The Balaban J connectivity index is 1.51. The van der Waals surface area contributed by atoms with Gasteiger partial charge < -0.3 is 20.8 Å². The molecule has 132 valence electrons. The summed E-state index contributed by atoms with van der Waals surface area (Å²) in [6, 6.07) is 5.04. The number of imidazole rings is 1. The summed E-state index contributed by atoms with van der Waals surface area (Å²) in [6.45, 7) is -0.0357. The van der Waals surface area contributed by atoms with Crippen molar-refractivity contribution in [2.45, 2.75) is 6.42 Å². The number of nitrogens with one attached hydrogen (secondary N) is 4. The molecule has 3 aromatic rings. The second kappa shape index (κ2) is 5.88. The molecule has 11 nitrogen and oxygen atoms in total. The predicted octanol–water partition coefficient (Wildman–Crippen LogP) is -0.260. The van der Waals surface area contributed by atoms with Crippen LogP contribution in [0.3, 0.4) is 0 Å². The molecule has 0 unspecified atom stereocenters. The molecule has 1 aromatic carbocycles. The van der Waals surface area contributed by atoms with Crippen LogP contribution in [0.1, 0.15) is 5.56 Å². The summed E-state index contributed by atoms with van der Waals surface area (Å²) in [6.07, 6.45) is 0.00754. The van der Waals surface area contributed by atoms with Gasteiger partial charge in [-0.3, -0.25) is 24.7 Å². The Labute approximate surface area is 145 Å². The largest absolute Gasteiger partial charge is 0.482 e. The zero-order valence-electron chi connectivity index (χ0n) is 13.3. The fourth-order valence-electron chi connectivity index (χ4n) is 2.59. The predicted molar refractivity (Wildman–Crippen MR) is 91.8 cm³/mol. The van der Waals surface area contributed by atoms with Crippen LogP contribution in [0, 0.1) is 0 Å². The van der Waals surface area contributed by atoms with Crippen molar-refractivity contribution >= 4 is 40.6 Å². The smallest absolute Gasteiger partial charge is 0.278 e. The Hall–Kier alpha value is -3.89. The minimum atomic E-state index is -0.497. The maximum absolute atomic E-state index is 12.2. The number of nitrogens with two attached hydrogens (primary N) is 1. The molecule has 2 aromatic heterocycles. The van der Waals surface area contributed by atoms with Crippen molar-refractivity contribution in [3.05, 3.63) is 34.1 Å². The summed E-state index contributed by atoms with van der Waals surface area (Å²) in [7, 11) is 0. The van der Waals surface area contributed by atoms with E-state index in [4.69, 9.17) is 10.5 Å². The molecule has 0 saturated carbocycles. The van der Waals surface area contributed by atoms with E-state index in [2.05, 4.69) is 30.6 Å². The van der Waals surface area contributed by atoms with Crippen molar-refractivity contribution in [1.82, 2.24) is 19.9 Å². The number of carbonyl (C=O) groups excluding carboxylic acids is 2. The summed E-state index contributed by atoms with van der Waals surface area (Å²) in [4.78, 5) is 48.4. The van der Waals surface area contributed by atoms with Crippen molar-refractivity contribution < 1.29 is 14.3 Å². The summed E-state index contributed by atoms with van der Waals surface area (Å²) in [5, 5.41) is 5.18. The van der Waals surface area contributed by atoms with Gasteiger partial charge in [0.15, 0.2) is 23.7 Å². The van der Waals surface area contributed by atoms with Gasteiger partial charge in [-0.05, 0) is 17.7 Å². The molecule has 26 heavy (non-hydrogen) atoms. The molecular formula is C15H13N7O4. The number of H-pyrrole nitrogens is 2. The third-order valence-electron chi connectivity index (χ3n) is 3.68. The zero-order valence-corrected chi connectivity index (χ0v) is 13.3. The SMILES string of the molecule is Nc1nc2nc(NC(=O)Cc3ccc4c(c3)NC(=O)CO4)[nH]c(=O)c2[nH]1. The lowest BCUT2D eigenvalue weighted by atomic mass is 10.1. The van der Waals surface area contributed by atoms with Gasteiger partial charge >= 0.3 is 0 Å². The number of hydrogen-bond acceptors (Lipinski definition) is 7. The van der Waals surface area contributed by atoms with E-state index in [0.717, 1.165) is 0 Å². The Morgan fingerprint density at radius 1 is 1.27 bits per heavy atom. The molecule has 0 bridgehead atoms. The van der Waals surface area contributed by atoms with E-state index < -0.39 is 11.5 Å². The van der Waals surface area contributed by atoms with E-state index in [-0.39, 0.29) is 42.0 Å². The third kappa shape index (κ3) is 2.92. The highest BCUT2D eigenvalue weighted by Crippen LogP contribution is 2.28. The van der Waals surface area contributed by atoms with E-state index in [9.17, 15) is 14.4 Å². The lowest BCUT2D eigenvalue weighted by Crippen LogP contribution is -2.25. The summed E-state index contributed by atoms with van der Waals surface area (Å²) in [5.74, 6) is -0.0961. The average molecular weight is 355 g/mol. The fraction of sp³-hybridized carbons (Fsp3) is 0.133. The highest BCUT2D eigenvalue weighted by atomic mass is 16.5. The molecule has 6 N–H and O–H groups in total. The number of rotatable bonds is 3. The maximum atomic E-state index is 12.2. The van der Waals surface area contributed by atoms with E-state index >= 15 is 0 Å². The highest BCUT2D eigenvalue weighted by molar-refractivity contribution is 5.96. The van der Waals surface area contributed by atoms with Gasteiger partial charge in [-0.2, -0.15) is 9.97 Å². The van der Waals surface area contributed by atoms with Crippen LogP contribution < -0.4 is 26.7 Å². The molecule has 2 amide bonds. The number of carbonyl (C=O) groups is 2. The molecule has 11 heteroatoms. The zero-order chi connectivity index (χ0) is 18.3. The topological polar surface area (TPSA) is 168 Å². The first-order valence-corrected chi connectivity index (χ1v) is 7.59. The fourth-order valence-corrected chi connectivity index (χ4v) is 2.59. The molecule has 0 saturated heterocycles. The second-order valence-corrected chi connectivity index (χ2v) is 5.63. The van der Waals surface area contributed by atoms with E-state index in [1.54, 1.807) is 18.2 Å². The van der Waals surface area contributed by atoms with E-state index in [1.807, 2.05) is 0 Å². The molecule has 4 rings (SSSR count). The summed E-state index contributed by atoms with van der Waals surface area (Å²) in [5.41, 5.74) is 6.39. The minimum absolute atomic E-state index is 0.00754. The number of nitrogens with zero attached hydrogens (tertiary/aromatic N) is 2. The number of ether oxygens (including phenoxy) is 1. The summed E-state index contributed by atoms with van der Waals surface area (Å²) >= 11 is 0. The summed E-state index contributed by atoms with van der Waals surface area (Å²) < 4.78 is 5.26. The molecule has 1 aliphatic rings. The first-order valence-electron chi connectivity index (χ1n) is 7.59. The minimum Gasteiger partial charge on any atom is -0.482 e. The first-order chi connectivity index (χ1) is 12.5. The van der Waals surface area contributed by atoms with Crippen LogP contribution in [0.4, 0.5) is 17.6 Å². The molecule has 1 aliphatic heterocycles. The number of anilines is 3. The van der Waals surface area contributed by atoms with Gasteiger partial charge in [0, 0.05) is 0 Å². The van der Waals surface area contributed by atoms with Crippen molar-refractivity contribution in [2.24, 2.45) is 0 Å². The van der Waals surface area contributed by atoms with Crippen molar-refractivity contribution in [1.29, 1.82) is 0 Å².